The van der Waals surface area contributed by atoms with Crippen LogP contribution in [0.1, 0.15) is 20.7 Å². The second-order valence-corrected chi connectivity index (χ2v) is 4.11. The van der Waals surface area contributed by atoms with Crippen LogP contribution >= 0.6 is 0 Å². The Morgan fingerprint density at radius 3 is 2.10 bits per heavy atom. The molecule has 0 aromatic heterocycles. The van der Waals surface area contributed by atoms with Crippen LogP contribution in [0.3, 0.4) is 0 Å². The van der Waals surface area contributed by atoms with Crippen LogP contribution in [-0.2, 0) is 4.74 Å². The van der Waals surface area contributed by atoms with Gasteiger partial charge in [0.2, 0.25) is 0 Å². The summed E-state index contributed by atoms with van der Waals surface area (Å²) in [4.78, 5) is 22.1. The highest BCUT2D eigenvalue weighted by molar-refractivity contribution is 5.91. The highest BCUT2D eigenvalue weighted by atomic mass is 16.5. The standard InChI is InChI=1S/C15H12O5/c1-20-15(19)10-4-2-9(3-5-10)12-7-6-11(14(17)18)8-13(12)16/h2-8,16H,1H3,(H,17,18). The van der Waals surface area contributed by atoms with Gasteiger partial charge in [-0.15, -0.1) is 0 Å². The number of carbonyl (C=O) groups is 2. The average molecular weight is 272 g/mol. The van der Waals surface area contributed by atoms with Gasteiger partial charge >= 0.3 is 11.9 Å². The van der Waals surface area contributed by atoms with Gasteiger partial charge in [0.15, 0.2) is 0 Å². The van der Waals surface area contributed by atoms with E-state index in [1.165, 1.54) is 25.3 Å². The maximum atomic E-state index is 11.3. The SMILES string of the molecule is COC(=O)c1ccc(-c2ccc(C(=O)O)cc2O)cc1. The number of hydrogen-bond donors (Lipinski definition) is 2. The summed E-state index contributed by atoms with van der Waals surface area (Å²) in [6, 6.07) is 10.6. The van der Waals surface area contributed by atoms with E-state index in [0.29, 0.717) is 16.7 Å². The van der Waals surface area contributed by atoms with Crippen LogP contribution in [0.25, 0.3) is 11.1 Å². The molecule has 0 aliphatic rings. The van der Waals surface area contributed by atoms with Crippen molar-refractivity contribution in [2.75, 3.05) is 7.11 Å². The van der Waals surface area contributed by atoms with Crippen LogP contribution in [0.4, 0.5) is 0 Å². The number of esters is 1. The summed E-state index contributed by atoms with van der Waals surface area (Å²) in [5.74, 6) is -1.68. The first kappa shape index (κ1) is 13.6. The quantitative estimate of drug-likeness (QED) is 0.839. The Morgan fingerprint density at radius 2 is 1.60 bits per heavy atom. The van der Waals surface area contributed by atoms with Crippen molar-refractivity contribution in [2.24, 2.45) is 0 Å². The zero-order chi connectivity index (χ0) is 14.7. The minimum Gasteiger partial charge on any atom is -0.507 e. The number of benzene rings is 2. The molecular formula is C15H12O5. The van der Waals surface area contributed by atoms with Gasteiger partial charge in [-0.2, -0.15) is 0 Å². The molecule has 0 radical (unpaired) electrons. The van der Waals surface area contributed by atoms with Crippen LogP contribution in [0.5, 0.6) is 5.75 Å². The fourth-order valence-corrected chi connectivity index (χ4v) is 1.81. The lowest BCUT2D eigenvalue weighted by Gasteiger charge is -2.07. The Balaban J connectivity index is 2.37. The molecule has 0 bridgehead atoms. The molecule has 0 unspecified atom stereocenters. The van der Waals surface area contributed by atoms with E-state index in [2.05, 4.69) is 4.74 Å². The second-order valence-electron chi connectivity index (χ2n) is 4.11. The topological polar surface area (TPSA) is 83.8 Å². The number of carbonyl (C=O) groups excluding carboxylic acids is 1. The highest BCUT2D eigenvalue weighted by Gasteiger charge is 2.10. The molecule has 0 aliphatic heterocycles. The minimum atomic E-state index is -1.10. The van der Waals surface area contributed by atoms with Crippen molar-refractivity contribution >= 4 is 11.9 Å². The molecule has 2 rings (SSSR count). The van der Waals surface area contributed by atoms with Crippen molar-refractivity contribution in [1.29, 1.82) is 0 Å². The van der Waals surface area contributed by atoms with E-state index >= 15 is 0 Å². The van der Waals surface area contributed by atoms with Crippen LogP contribution < -0.4 is 0 Å². The number of aromatic hydroxyl groups is 1. The van der Waals surface area contributed by atoms with Crippen LogP contribution in [0.2, 0.25) is 0 Å². The third kappa shape index (κ3) is 2.61. The molecule has 2 aromatic carbocycles. The monoisotopic (exact) mass is 272 g/mol. The number of carboxylic acid groups (broad SMARTS) is 1. The summed E-state index contributed by atoms with van der Waals surface area (Å²) < 4.78 is 4.59. The van der Waals surface area contributed by atoms with E-state index < -0.39 is 11.9 Å². The number of phenols is 1. The predicted octanol–water partition coefficient (Wildman–Crippen LogP) is 2.54. The third-order valence-corrected chi connectivity index (χ3v) is 2.86. The third-order valence-electron chi connectivity index (χ3n) is 2.86. The van der Waals surface area contributed by atoms with Gasteiger partial charge < -0.3 is 14.9 Å². The Kier molecular flexibility index (Phi) is 3.70. The molecule has 0 heterocycles. The smallest absolute Gasteiger partial charge is 0.337 e. The van der Waals surface area contributed by atoms with Gasteiger partial charge in [0, 0.05) is 5.56 Å². The van der Waals surface area contributed by atoms with E-state index in [1.54, 1.807) is 24.3 Å². The van der Waals surface area contributed by atoms with E-state index in [1.807, 2.05) is 0 Å². The molecule has 0 amide bonds. The van der Waals surface area contributed by atoms with Crippen molar-refractivity contribution in [3.8, 4) is 16.9 Å². The number of ether oxygens (including phenoxy) is 1. The molecule has 102 valence electrons. The Hall–Kier alpha value is -2.82. The number of phenolic OH excluding ortho intramolecular Hbond substituents is 1. The van der Waals surface area contributed by atoms with Gasteiger partial charge in [0.25, 0.3) is 0 Å². The molecule has 5 nitrogen and oxygen atoms in total. The fraction of sp³-hybridized carbons (Fsp3) is 0.0667. The molecular weight excluding hydrogens is 260 g/mol. The molecule has 0 saturated heterocycles. The number of rotatable bonds is 3. The van der Waals surface area contributed by atoms with E-state index in [-0.39, 0.29) is 11.3 Å². The first-order valence-electron chi connectivity index (χ1n) is 5.78. The van der Waals surface area contributed by atoms with Crippen LogP contribution in [0.15, 0.2) is 42.5 Å². The first-order valence-corrected chi connectivity index (χ1v) is 5.78. The maximum absolute atomic E-state index is 11.3. The number of hydrogen-bond acceptors (Lipinski definition) is 4. The summed E-state index contributed by atoms with van der Waals surface area (Å²) in [6.07, 6.45) is 0. The largest absolute Gasteiger partial charge is 0.507 e. The number of carboxylic acids is 1. The molecule has 0 aliphatic carbocycles. The van der Waals surface area contributed by atoms with Crippen LogP contribution in [0, 0.1) is 0 Å². The number of aromatic carboxylic acids is 1. The maximum Gasteiger partial charge on any atom is 0.337 e. The predicted molar refractivity (Wildman–Crippen MR) is 71.8 cm³/mol. The van der Waals surface area contributed by atoms with Gasteiger partial charge in [-0.3, -0.25) is 0 Å². The van der Waals surface area contributed by atoms with Crippen molar-refractivity contribution in [2.45, 2.75) is 0 Å². The van der Waals surface area contributed by atoms with Gasteiger partial charge in [-0.05, 0) is 35.9 Å². The van der Waals surface area contributed by atoms with Crippen molar-refractivity contribution in [3.05, 3.63) is 53.6 Å². The lowest BCUT2D eigenvalue weighted by molar-refractivity contribution is 0.0600. The summed E-state index contributed by atoms with van der Waals surface area (Å²) in [5, 5.41) is 18.7. The number of methoxy groups -OCH3 is 1. The summed E-state index contributed by atoms with van der Waals surface area (Å²) in [6.45, 7) is 0. The zero-order valence-electron chi connectivity index (χ0n) is 10.7. The first-order chi connectivity index (χ1) is 9.52. The molecule has 0 saturated carbocycles. The summed E-state index contributed by atoms with van der Waals surface area (Å²) in [7, 11) is 1.30. The lowest BCUT2D eigenvalue weighted by Crippen LogP contribution is -2.00. The Labute approximate surface area is 115 Å². The second kappa shape index (κ2) is 5.44. The molecule has 20 heavy (non-hydrogen) atoms. The molecule has 2 N–H and O–H groups in total. The normalized spacial score (nSPS) is 10.1. The van der Waals surface area contributed by atoms with Crippen molar-refractivity contribution in [3.63, 3.8) is 0 Å². The van der Waals surface area contributed by atoms with E-state index in [0.717, 1.165) is 0 Å². The zero-order valence-corrected chi connectivity index (χ0v) is 10.7. The molecule has 0 fully saturated rings. The lowest BCUT2D eigenvalue weighted by atomic mass is 10.0. The Bertz CT molecular complexity index is 658. The van der Waals surface area contributed by atoms with Gasteiger partial charge in [0.05, 0.1) is 18.2 Å². The van der Waals surface area contributed by atoms with E-state index in [9.17, 15) is 14.7 Å². The minimum absolute atomic E-state index is 0.0115. The van der Waals surface area contributed by atoms with Crippen LogP contribution in [-0.4, -0.2) is 29.3 Å². The summed E-state index contributed by atoms with van der Waals surface area (Å²) >= 11 is 0. The summed E-state index contributed by atoms with van der Waals surface area (Å²) in [5.41, 5.74) is 1.58. The van der Waals surface area contributed by atoms with Crippen molar-refractivity contribution < 1.29 is 24.5 Å². The highest BCUT2D eigenvalue weighted by Crippen LogP contribution is 2.30. The Morgan fingerprint density at radius 1 is 1.00 bits per heavy atom. The van der Waals surface area contributed by atoms with E-state index in [4.69, 9.17) is 5.11 Å². The molecule has 0 spiro atoms. The van der Waals surface area contributed by atoms with Gasteiger partial charge in [-0.25, -0.2) is 9.59 Å². The van der Waals surface area contributed by atoms with Gasteiger partial charge in [0.1, 0.15) is 5.75 Å². The van der Waals surface area contributed by atoms with Gasteiger partial charge in [-0.1, -0.05) is 12.1 Å². The molecule has 2 aromatic rings. The fourth-order valence-electron chi connectivity index (χ4n) is 1.81. The van der Waals surface area contributed by atoms with Crippen molar-refractivity contribution in [1.82, 2.24) is 0 Å². The molecule has 0 atom stereocenters. The average Bonchev–Trinajstić information content (AvgIpc) is 2.46. The molecule has 5 heteroatoms.